The molecular formula is C12H26O3. The number of aliphatic hydroxyl groups is 2. The van der Waals surface area contributed by atoms with E-state index in [0.717, 1.165) is 32.1 Å². The molecule has 0 fully saturated rings. The summed E-state index contributed by atoms with van der Waals surface area (Å²) >= 11 is 0. The third kappa shape index (κ3) is 6.88. The molecule has 92 valence electrons. The maximum atomic E-state index is 9.37. The molecular weight excluding hydrogens is 192 g/mol. The Labute approximate surface area is 93.5 Å². The topological polar surface area (TPSA) is 49.7 Å². The van der Waals surface area contributed by atoms with Gasteiger partial charge in [0.25, 0.3) is 0 Å². The lowest BCUT2D eigenvalue weighted by Crippen LogP contribution is -2.19. The Morgan fingerprint density at radius 1 is 1.20 bits per heavy atom. The van der Waals surface area contributed by atoms with E-state index in [2.05, 4.69) is 6.92 Å². The Bertz CT molecular complexity index is 135. The van der Waals surface area contributed by atoms with Crippen LogP contribution in [0.3, 0.4) is 0 Å². The second kappa shape index (κ2) is 9.13. The van der Waals surface area contributed by atoms with Crippen LogP contribution in [0, 0.1) is 11.8 Å². The molecule has 0 bridgehead atoms. The van der Waals surface area contributed by atoms with Crippen LogP contribution in [0.25, 0.3) is 0 Å². The minimum absolute atomic E-state index is 0.198. The molecule has 0 heterocycles. The Morgan fingerprint density at radius 2 is 1.80 bits per heavy atom. The number of unbranched alkanes of at least 4 members (excludes halogenated alkanes) is 1. The molecule has 0 aliphatic heterocycles. The van der Waals surface area contributed by atoms with Crippen LogP contribution < -0.4 is 0 Å². The zero-order valence-corrected chi connectivity index (χ0v) is 10.3. The zero-order chi connectivity index (χ0) is 11.7. The molecule has 3 heteroatoms. The fourth-order valence-corrected chi connectivity index (χ4v) is 1.70. The van der Waals surface area contributed by atoms with E-state index in [4.69, 9.17) is 9.84 Å². The number of hydrogen-bond acceptors (Lipinski definition) is 3. The van der Waals surface area contributed by atoms with E-state index in [9.17, 15) is 5.11 Å². The van der Waals surface area contributed by atoms with Gasteiger partial charge in [0, 0.05) is 19.6 Å². The minimum Gasteiger partial charge on any atom is -0.396 e. The first-order valence-electron chi connectivity index (χ1n) is 5.97. The number of rotatable bonds is 9. The first-order chi connectivity index (χ1) is 7.15. The van der Waals surface area contributed by atoms with Gasteiger partial charge in [-0.1, -0.05) is 33.1 Å². The molecule has 0 radical (unpaired) electrons. The van der Waals surface area contributed by atoms with E-state index in [1.807, 2.05) is 6.92 Å². The molecule has 0 rings (SSSR count). The molecule has 0 aromatic heterocycles. The highest BCUT2D eigenvalue weighted by Crippen LogP contribution is 2.17. The Hall–Kier alpha value is -0.120. The van der Waals surface area contributed by atoms with Gasteiger partial charge in [-0.3, -0.25) is 0 Å². The normalized spacial score (nSPS) is 17.4. The lowest BCUT2D eigenvalue weighted by Gasteiger charge is -2.17. The first-order valence-corrected chi connectivity index (χ1v) is 5.97. The number of hydrogen-bond donors (Lipinski definition) is 2. The molecule has 3 atom stereocenters. The van der Waals surface area contributed by atoms with Crippen molar-refractivity contribution in [2.24, 2.45) is 11.8 Å². The molecule has 0 aromatic carbocycles. The highest BCUT2D eigenvalue weighted by atomic mass is 16.6. The van der Waals surface area contributed by atoms with Crippen molar-refractivity contribution in [3.8, 4) is 0 Å². The first kappa shape index (κ1) is 14.9. The summed E-state index contributed by atoms with van der Waals surface area (Å²) < 4.78 is 4.85. The van der Waals surface area contributed by atoms with Crippen LogP contribution in [0.1, 0.15) is 46.0 Å². The predicted molar refractivity (Wildman–Crippen MR) is 61.5 cm³/mol. The van der Waals surface area contributed by atoms with Crippen LogP contribution in [-0.4, -0.2) is 30.2 Å². The Morgan fingerprint density at radius 3 is 2.27 bits per heavy atom. The largest absolute Gasteiger partial charge is 0.396 e. The summed E-state index contributed by atoms with van der Waals surface area (Å²) in [5.41, 5.74) is 0. The van der Waals surface area contributed by atoms with E-state index in [1.54, 1.807) is 0 Å². The van der Waals surface area contributed by atoms with Crippen molar-refractivity contribution in [3.63, 3.8) is 0 Å². The van der Waals surface area contributed by atoms with Gasteiger partial charge in [0.15, 0.2) is 6.29 Å². The van der Waals surface area contributed by atoms with Crippen LogP contribution >= 0.6 is 0 Å². The summed E-state index contributed by atoms with van der Waals surface area (Å²) in [5, 5.41) is 18.4. The van der Waals surface area contributed by atoms with Gasteiger partial charge in [0.05, 0.1) is 0 Å². The number of aliphatic hydroxyl groups excluding tert-OH is 2. The van der Waals surface area contributed by atoms with Crippen LogP contribution in [0.15, 0.2) is 0 Å². The number of ether oxygens (including phenoxy) is 1. The molecule has 0 aliphatic carbocycles. The molecule has 0 saturated heterocycles. The summed E-state index contributed by atoms with van der Waals surface area (Å²) in [6, 6.07) is 0. The third-order valence-corrected chi connectivity index (χ3v) is 3.09. The molecule has 0 spiro atoms. The van der Waals surface area contributed by atoms with Gasteiger partial charge in [-0.15, -0.1) is 0 Å². The molecule has 0 aliphatic rings. The predicted octanol–water partition coefficient (Wildman–Crippen LogP) is 2.17. The molecule has 3 nitrogen and oxygen atoms in total. The maximum Gasteiger partial charge on any atom is 0.156 e. The van der Waals surface area contributed by atoms with E-state index >= 15 is 0 Å². The second-order valence-electron chi connectivity index (χ2n) is 4.34. The van der Waals surface area contributed by atoms with Crippen molar-refractivity contribution in [3.05, 3.63) is 0 Å². The fraction of sp³-hybridized carbons (Fsp3) is 1.00. The lowest BCUT2D eigenvalue weighted by atomic mass is 9.96. The van der Waals surface area contributed by atoms with Crippen molar-refractivity contribution in [2.45, 2.75) is 52.2 Å². The van der Waals surface area contributed by atoms with E-state index in [0.29, 0.717) is 12.5 Å². The zero-order valence-electron chi connectivity index (χ0n) is 10.3. The van der Waals surface area contributed by atoms with Crippen molar-refractivity contribution in [2.75, 3.05) is 13.7 Å². The maximum absolute atomic E-state index is 9.37. The summed E-state index contributed by atoms with van der Waals surface area (Å²) in [5.74, 6) is 0.650. The molecule has 3 unspecified atom stereocenters. The number of methoxy groups -OCH3 is 1. The van der Waals surface area contributed by atoms with Crippen molar-refractivity contribution < 1.29 is 14.9 Å². The van der Waals surface area contributed by atoms with Crippen LogP contribution in [0.5, 0.6) is 0 Å². The lowest BCUT2D eigenvalue weighted by molar-refractivity contribution is -0.110. The van der Waals surface area contributed by atoms with Crippen LogP contribution in [0.2, 0.25) is 0 Å². The quantitative estimate of drug-likeness (QED) is 0.460. The summed E-state index contributed by atoms with van der Waals surface area (Å²) in [6.45, 7) is 4.41. The van der Waals surface area contributed by atoms with Crippen molar-refractivity contribution in [1.29, 1.82) is 0 Å². The second-order valence-corrected chi connectivity index (χ2v) is 4.34. The summed E-state index contributed by atoms with van der Waals surface area (Å²) in [6.07, 6.45) is 4.70. The summed E-state index contributed by atoms with van der Waals surface area (Å²) in [4.78, 5) is 0. The van der Waals surface area contributed by atoms with Gasteiger partial charge in [0.1, 0.15) is 0 Å². The summed E-state index contributed by atoms with van der Waals surface area (Å²) in [7, 11) is 1.53. The highest BCUT2D eigenvalue weighted by molar-refractivity contribution is 4.59. The van der Waals surface area contributed by atoms with Crippen LogP contribution in [0.4, 0.5) is 0 Å². The van der Waals surface area contributed by atoms with Gasteiger partial charge in [-0.2, -0.15) is 0 Å². The standard InChI is InChI=1S/C12H26O3/c1-4-11(9-13)8-6-5-7-10(2)12(14)15-3/h10-14H,4-9H2,1-3H3. The van der Waals surface area contributed by atoms with E-state index in [1.165, 1.54) is 7.11 Å². The molecule has 2 N–H and O–H groups in total. The van der Waals surface area contributed by atoms with E-state index < -0.39 is 6.29 Å². The van der Waals surface area contributed by atoms with Gasteiger partial charge < -0.3 is 14.9 Å². The molecule has 0 saturated carbocycles. The molecule has 0 amide bonds. The minimum atomic E-state index is -0.634. The smallest absolute Gasteiger partial charge is 0.156 e. The Kier molecular flexibility index (Phi) is 9.06. The van der Waals surface area contributed by atoms with Gasteiger partial charge in [0.2, 0.25) is 0 Å². The van der Waals surface area contributed by atoms with Gasteiger partial charge >= 0.3 is 0 Å². The van der Waals surface area contributed by atoms with Gasteiger partial charge in [-0.05, 0) is 18.8 Å². The van der Waals surface area contributed by atoms with E-state index in [-0.39, 0.29) is 5.92 Å². The van der Waals surface area contributed by atoms with Crippen molar-refractivity contribution >= 4 is 0 Å². The fourth-order valence-electron chi connectivity index (χ4n) is 1.70. The monoisotopic (exact) mass is 218 g/mol. The van der Waals surface area contributed by atoms with Crippen LogP contribution in [-0.2, 0) is 4.74 Å². The average Bonchev–Trinajstić information content (AvgIpc) is 2.27. The third-order valence-electron chi connectivity index (χ3n) is 3.09. The highest BCUT2D eigenvalue weighted by Gasteiger charge is 2.12. The molecule has 15 heavy (non-hydrogen) atoms. The van der Waals surface area contributed by atoms with Gasteiger partial charge in [-0.25, -0.2) is 0 Å². The molecule has 0 aromatic rings. The van der Waals surface area contributed by atoms with Crippen molar-refractivity contribution in [1.82, 2.24) is 0 Å². The SMILES string of the molecule is CCC(CO)CCCCC(C)C(O)OC. The average molecular weight is 218 g/mol. The Balaban J connectivity index is 3.45.